The largest absolute Gasteiger partial charge is 0.493 e. The number of hydrogen-bond acceptors (Lipinski definition) is 5. The molecule has 0 N–H and O–H groups in total. The van der Waals surface area contributed by atoms with Crippen molar-refractivity contribution in [2.45, 2.75) is 12.8 Å². The van der Waals surface area contributed by atoms with E-state index >= 15 is 0 Å². The van der Waals surface area contributed by atoms with E-state index in [2.05, 4.69) is 0 Å². The minimum absolute atomic E-state index is 0.00202. The van der Waals surface area contributed by atoms with Crippen LogP contribution in [0.4, 0.5) is 0 Å². The topological polar surface area (TPSA) is 65.1 Å². The van der Waals surface area contributed by atoms with Crippen molar-refractivity contribution >= 4 is 17.8 Å². The lowest BCUT2D eigenvalue weighted by Gasteiger charge is -2.15. The maximum Gasteiger partial charge on any atom is 0.260 e. The zero-order valence-electron chi connectivity index (χ0n) is 16.7. The number of rotatable bonds is 8. The molecule has 0 bridgehead atoms. The van der Waals surface area contributed by atoms with E-state index in [-0.39, 0.29) is 18.3 Å². The molecule has 1 aliphatic heterocycles. The first-order valence-corrected chi connectivity index (χ1v) is 9.56. The van der Waals surface area contributed by atoms with Gasteiger partial charge in [0.1, 0.15) is 5.75 Å². The summed E-state index contributed by atoms with van der Waals surface area (Å²) in [5.41, 5.74) is 1.28. The number of carbonyl (C=O) groups excluding carboxylic acids is 2. The summed E-state index contributed by atoms with van der Waals surface area (Å²) in [7, 11) is 3.13. The van der Waals surface area contributed by atoms with Crippen LogP contribution < -0.4 is 14.2 Å². The Hall–Kier alpha value is -3.28. The van der Waals surface area contributed by atoms with Gasteiger partial charge in [-0.3, -0.25) is 9.59 Å². The number of likely N-dealkylation sites (tertiary alicyclic amines) is 1. The molecule has 1 aliphatic rings. The molecule has 1 saturated heterocycles. The van der Waals surface area contributed by atoms with Crippen LogP contribution in [0, 0.1) is 0 Å². The van der Waals surface area contributed by atoms with Crippen molar-refractivity contribution in [1.82, 2.24) is 4.90 Å². The summed E-state index contributed by atoms with van der Waals surface area (Å²) >= 11 is 0. The summed E-state index contributed by atoms with van der Waals surface area (Å²) in [4.78, 5) is 26.3. The molecule has 1 fully saturated rings. The van der Waals surface area contributed by atoms with Gasteiger partial charge in [0.05, 0.1) is 14.2 Å². The molecule has 0 aliphatic carbocycles. The van der Waals surface area contributed by atoms with Crippen LogP contribution in [0.15, 0.2) is 48.5 Å². The van der Waals surface area contributed by atoms with Crippen molar-refractivity contribution in [2.24, 2.45) is 0 Å². The monoisotopic (exact) mass is 395 g/mol. The van der Waals surface area contributed by atoms with Crippen molar-refractivity contribution in [3.05, 3.63) is 59.7 Å². The summed E-state index contributed by atoms with van der Waals surface area (Å²) < 4.78 is 16.2. The average Bonchev–Trinajstić information content (AvgIpc) is 3.30. The van der Waals surface area contributed by atoms with Crippen LogP contribution in [0.25, 0.3) is 6.08 Å². The number of methoxy groups -OCH3 is 2. The van der Waals surface area contributed by atoms with Gasteiger partial charge in [0, 0.05) is 24.2 Å². The highest BCUT2D eigenvalue weighted by Crippen LogP contribution is 2.31. The minimum atomic E-state index is -0.144. The number of nitrogens with zero attached hydrogens (tertiary/aromatic N) is 1. The van der Waals surface area contributed by atoms with E-state index in [1.54, 1.807) is 50.6 Å². The van der Waals surface area contributed by atoms with Gasteiger partial charge in [-0.2, -0.15) is 0 Å². The van der Waals surface area contributed by atoms with Gasteiger partial charge in [-0.15, -0.1) is 0 Å². The normalized spacial score (nSPS) is 13.5. The van der Waals surface area contributed by atoms with E-state index in [9.17, 15) is 9.59 Å². The number of amides is 1. The van der Waals surface area contributed by atoms with E-state index in [0.29, 0.717) is 22.8 Å². The second-order valence-electron chi connectivity index (χ2n) is 6.68. The number of allylic oxidation sites excluding steroid dienone is 1. The van der Waals surface area contributed by atoms with Gasteiger partial charge in [-0.25, -0.2) is 0 Å². The Bertz CT molecular complexity index is 883. The molecule has 0 saturated carbocycles. The second kappa shape index (κ2) is 9.78. The summed E-state index contributed by atoms with van der Waals surface area (Å²) in [5, 5.41) is 0. The number of carbonyl (C=O) groups is 2. The average molecular weight is 395 g/mol. The van der Waals surface area contributed by atoms with Gasteiger partial charge in [0.25, 0.3) is 5.91 Å². The first-order chi connectivity index (χ1) is 14.1. The van der Waals surface area contributed by atoms with Gasteiger partial charge in [-0.05, 0) is 55.3 Å². The molecule has 6 nitrogen and oxygen atoms in total. The minimum Gasteiger partial charge on any atom is -0.493 e. The molecule has 1 amide bonds. The van der Waals surface area contributed by atoms with Crippen molar-refractivity contribution in [3.63, 3.8) is 0 Å². The molecule has 0 atom stereocenters. The predicted octanol–water partition coefficient (Wildman–Crippen LogP) is 3.60. The third kappa shape index (κ3) is 5.16. The third-order valence-electron chi connectivity index (χ3n) is 4.81. The highest BCUT2D eigenvalue weighted by molar-refractivity contribution is 6.07. The van der Waals surface area contributed by atoms with E-state index in [1.165, 1.54) is 6.08 Å². The molecule has 0 spiro atoms. The maximum absolute atomic E-state index is 12.5. The first-order valence-electron chi connectivity index (χ1n) is 9.56. The van der Waals surface area contributed by atoms with Gasteiger partial charge < -0.3 is 19.1 Å². The Kier molecular flexibility index (Phi) is 6.89. The van der Waals surface area contributed by atoms with E-state index in [4.69, 9.17) is 14.2 Å². The Balaban J connectivity index is 1.60. The smallest absolute Gasteiger partial charge is 0.260 e. The Labute approximate surface area is 170 Å². The number of hydrogen-bond donors (Lipinski definition) is 0. The Morgan fingerprint density at radius 1 is 1.00 bits per heavy atom. The quantitative estimate of drug-likeness (QED) is 0.505. The molecule has 3 rings (SSSR count). The molecule has 1 heterocycles. The van der Waals surface area contributed by atoms with Crippen LogP contribution in [0.3, 0.4) is 0 Å². The molecule has 152 valence electrons. The SMILES string of the molecule is COc1cccc(/C=C/C(=O)c2ccc(OCC(=O)N3CCCC3)cc2)c1OC. The highest BCUT2D eigenvalue weighted by Gasteiger charge is 2.18. The van der Waals surface area contributed by atoms with E-state index in [0.717, 1.165) is 31.5 Å². The van der Waals surface area contributed by atoms with Crippen molar-refractivity contribution in [3.8, 4) is 17.2 Å². The Morgan fingerprint density at radius 3 is 2.38 bits per heavy atom. The number of ether oxygens (including phenoxy) is 3. The fourth-order valence-electron chi connectivity index (χ4n) is 3.22. The van der Waals surface area contributed by atoms with Gasteiger partial charge in [-0.1, -0.05) is 12.1 Å². The summed E-state index contributed by atoms with van der Waals surface area (Å²) in [6.45, 7) is 1.63. The lowest BCUT2D eigenvalue weighted by atomic mass is 10.1. The molecule has 0 unspecified atom stereocenters. The fourth-order valence-corrected chi connectivity index (χ4v) is 3.22. The molecule has 29 heavy (non-hydrogen) atoms. The maximum atomic E-state index is 12.5. The standard InChI is InChI=1S/C23H25NO5/c1-27-21-7-5-6-18(23(21)28-2)10-13-20(25)17-8-11-19(12-9-17)29-16-22(26)24-14-3-4-15-24/h5-13H,3-4,14-16H2,1-2H3/b13-10+. The molecule has 6 heteroatoms. The first kappa shape index (κ1) is 20.5. The zero-order valence-corrected chi connectivity index (χ0v) is 16.7. The molecular formula is C23H25NO5. The Morgan fingerprint density at radius 2 is 1.72 bits per heavy atom. The fraction of sp³-hybridized carbons (Fsp3) is 0.304. The second-order valence-corrected chi connectivity index (χ2v) is 6.68. The van der Waals surface area contributed by atoms with E-state index < -0.39 is 0 Å². The lowest BCUT2D eigenvalue weighted by Crippen LogP contribution is -2.32. The van der Waals surface area contributed by atoms with Crippen molar-refractivity contribution < 1.29 is 23.8 Å². The summed E-state index contributed by atoms with van der Waals surface area (Å²) in [6.07, 6.45) is 5.29. The van der Waals surface area contributed by atoms with Gasteiger partial charge in [0.2, 0.25) is 0 Å². The molecule has 0 aromatic heterocycles. The molecule has 2 aromatic rings. The molecular weight excluding hydrogens is 370 g/mol. The van der Waals surface area contributed by atoms with Crippen LogP contribution in [0.5, 0.6) is 17.2 Å². The molecule has 0 radical (unpaired) electrons. The van der Waals surface area contributed by atoms with Crippen molar-refractivity contribution in [1.29, 1.82) is 0 Å². The predicted molar refractivity (Wildman–Crippen MR) is 111 cm³/mol. The van der Waals surface area contributed by atoms with Crippen LogP contribution in [0.2, 0.25) is 0 Å². The van der Waals surface area contributed by atoms with Gasteiger partial charge >= 0.3 is 0 Å². The zero-order chi connectivity index (χ0) is 20.6. The van der Waals surface area contributed by atoms with Crippen LogP contribution in [-0.4, -0.2) is 50.5 Å². The van der Waals surface area contributed by atoms with Gasteiger partial charge in [0.15, 0.2) is 23.9 Å². The highest BCUT2D eigenvalue weighted by atomic mass is 16.5. The number of para-hydroxylation sites is 1. The molecule has 2 aromatic carbocycles. The van der Waals surface area contributed by atoms with Crippen LogP contribution in [0.1, 0.15) is 28.8 Å². The van der Waals surface area contributed by atoms with Crippen LogP contribution in [-0.2, 0) is 4.79 Å². The summed E-state index contributed by atoms with van der Waals surface area (Å²) in [5.74, 6) is 1.59. The lowest BCUT2D eigenvalue weighted by molar-refractivity contribution is -0.132. The third-order valence-corrected chi connectivity index (χ3v) is 4.81. The number of ketones is 1. The van der Waals surface area contributed by atoms with Crippen molar-refractivity contribution in [2.75, 3.05) is 33.9 Å². The van der Waals surface area contributed by atoms with Crippen LogP contribution >= 0.6 is 0 Å². The number of benzene rings is 2. The summed E-state index contributed by atoms with van der Waals surface area (Å²) in [6, 6.07) is 12.2. The van der Waals surface area contributed by atoms with E-state index in [1.807, 2.05) is 17.0 Å².